The van der Waals surface area contributed by atoms with Crippen LogP contribution < -0.4 is 0 Å². The maximum Gasteiger partial charge on any atom is 0.264 e. The molecule has 1 amide bonds. The van der Waals surface area contributed by atoms with Crippen LogP contribution in [-0.4, -0.2) is 37.1 Å². The summed E-state index contributed by atoms with van der Waals surface area (Å²) in [6.07, 6.45) is 1.43. The van der Waals surface area contributed by atoms with Crippen LogP contribution in [0.2, 0.25) is 10.0 Å². The van der Waals surface area contributed by atoms with Crippen LogP contribution in [0.25, 0.3) is 6.08 Å². The van der Waals surface area contributed by atoms with Gasteiger partial charge >= 0.3 is 0 Å². The predicted octanol–water partition coefficient (Wildman–Crippen LogP) is 2.76. The van der Waals surface area contributed by atoms with Crippen molar-refractivity contribution in [2.75, 3.05) is 26.3 Å². The summed E-state index contributed by atoms with van der Waals surface area (Å²) in [6, 6.07) is 6.94. The molecule has 0 spiro atoms. The van der Waals surface area contributed by atoms with Crippen LogP contribution >= 0.6 is 23.2 Å². The van der Waals surface area contributed by atoms with Crippen LogP contribution in [0.15, 0.2) is 23.8 Å². The second kappa shape index (κ2) is 6.76. The lowest BCUT2D eigenvalue weighted by Gasteiger charge is -2.26. The summed E-state index contributed by atoms with van der Waals surface area (Å²) in [6.45, 7) is 1.93. The predicted molar refractivity (Wildman–Crippen MR) is 77.5 cm³/mol. The number of hydrogen-bond acceptors (Lipinski definition) is 3. The molecule has 1 aliphatic heterocycles. The van der Waals surface area contributed by atoms with E-state index >= 15 is 0 Å². The lowest BCUT2D eigenvalue weighted by atomic mass is 10.1. The molecule has 6 heteroatoms. The number of rotatable bonds is 2. The van der Waals surface area contributed by atoms with Crippen LogP contribution in [0.3, 0.4) is 0 Å². The first-order valence-corrected chi connectivity index (χ1v) is 6.82. The molecule has 2 rings (SSSR count). The molecule has 0 saturated carbocycles. The molecule has 1 aromatic carbocycles. The van der Waals surface area contributed by atoms with Gasteiger partial charge in [0.25, 0.3) is 5.91 Å². The molecule has 1 aliphatic rings. The number of benzene rings is 1. The topological polar surface area (TPSA) is 53.3 Å². The first-order chi connectivity index (χ1) is 9.63. The molecule has 104 valence electrons. The van der Waals surface area contributed by atoms with Crippen molar-refractivity contribution in [2.45, 2.75) is 0 Å². The van der Waals surface area contributed by atoms with E-state index in [9.17, 15) is 10.1 Å². The van der Waals surface area contributed by atoms with Crippen LogP contribution in [0.5, 0.6) is 0 Å². The van der Waals surface area contributed by atoms with E-state index in [2.05, 4.69) is 0 Å². The second-order valence-corrected chi connectivity index (χ2v) is 5.02. The van der Waals surface area contributed by atoms with Crippen LogP contribution in [0, 0.1) is 11.3 Å². The number of amides is 1. The van der Waals surface area contributed by atoms with E-state index in [1.165, 1.54) is 6.08 Å². The molecule has 0 N–H and O–H groups in total. The Hall–Kier alpha value is -1.54. The Bertz CT molecular complexity index is 567. The molecule has 0 unspecified atom stereocenters. The highest BCUT2D eigenvalue weighted by Crippen LogP contribution is 2.27. The van der Waals surface area contributed by atoms with Crippen molar-refractivity contribution in [3.05, 3.63) is 39.4 Å². The van der Waals surface area contributed by atoms with Gasteiger partial charge in [0.05, 0.1) is 13.2 Å². The zero-order valence-corrected chi connectivity index (χ0v) is 12.1. The van der Waals surface area contributed by atoms with Gasteiger partial charge in [0.2, 0.25) is 0 Å². The fourth-order valence-corrected chi connectivity index (χ4v) is 2.38. The van der Waals surface area contributed by atoms with E-state index in [4.69, 9.17) is 27.9 Å². The van der Waals surface area contributed by atoms with Crippen molar-refractivity contribution < 1.29 is 9.53 Å². The van der Waals surface area contributed by atoms with E-state index in [0.29, 0.717) is 41.9 Å². The first kappa shape index (κ1) is 14.9. The number of hydrogen-bond donors (Lipinski definition) is 0. The number of morpholine rings is 1. The molecule has 1 fully saturated rings. The smallest absolute Gasteiger partial charge is 0.264 e. The molecule has 4 nitrogen and oxygen atoms in total. The molecule has 1 heterocycles. The lowest BCUT2D eigenvalue weighted by Crippen LogP contribution is -2.41. The number of carbonyl (C=O) groups is 1. The minimum Gasteiger partial charge on any atom is -0.378 e. The van der Waals surface area contributed by atoms with Crippen LogP contribution in [0.1, 0.15) is 5.56 Å². The van der Waals surface area contributed by atoms with Gasteiger partial charge in [-0.2, -0.15) is 5.26 Å². The SMILES string of the molecule is N#CC(=Cc1c(Cl)cccc1Cl)C(=O)N1CCOCC1. The van der Waals surface area contributed by atoms with Crippen molar-refractivity contribution in [3.63, 3.8) is 0 Å². The zero-order valence-electron chi connectivity index (χ0n) is 10.6. The van der Waals surface area contributed by atoms with Crippen molar-refractivity contribution >= 4 is 35.2 Å². The molecule has 0 atom stereocenters. The van der Waals surface area contributed by atoms with Gasteiger partial charge in [-0.25, -0.2) is 0 Å². The Morgan fingerprint density at radius 3 is 2.45 bits per heavy atom. The van der Waals surface area contributed by atoms with Gasteiger partial charge in [-0.3, -0.25) is 4.79 Å². The first-order valence-electron chi connectivity index (χ1n) is 6.06. The van der Waals surface area contributed by atoms with Crippen molar-refractivity contribution in [3.8, 4) is 6.07 Å². The minimum absolute atomic E-state index is 0.0156. The molecule has 1 saturated heterocycles. The normalized spacial score (nSPS) is 15.8. The maximum absolute atomic E-state index is 12.2. The highest BCUT2D eigenvalue weighted by Gasteiger charge is 2.21. The standard InChI is InChI=1S/C14H12Cl2N2O2/c15-12-2-1-3-13(16)11(12)8-10(9-17)14(19)18-4-6-20-7-5-18/h1-3,8H,4-7H2. The molecular weight excluding hydrogens is 299 g/mol. The summed E-state index contributed by atoms with van der Waals surface area (Å²) in [7, 11) is 0. The van der Waals surface area contributed by atoms with Crippen LogP contribution in [-0.2, 0) is 9.53 Å². The zero-order chi connectivity index (χ0) is 14.5. The largest absolute Gasteiger partial charge is 0.378 e. The summed E-state index contributed by atoms with van der Waals surface area (Å²) < 4.78 is 5.18. The van der Waals surface area contributed by atoms with E-state index in [1.807, 2.05) is 6.07 Å². The third-order valence-electron chi connectivity index (χ3n) is 2.94. The fourth-order valence-electron chi connectivity index (χ4n) is 1.87. The monoisotopic (exact) mass is 310 g/mol. The molecule has 1 aromatic rings. The van der Waals surface area contributed by atoms with Gasteiger partial charge in [-0.1, -0.05) is 29.3 Å². The maximum atomic E-state index is 12.2. The van der Waals surface area contributed by atoms with Crippen LogP contribution in [0.4, 0.5) is 0 Å². The Balaban J connectivity index is 2.30. The Morgan fingerprint density at radius 1 is 1.30 bits per heavy atom. The summed E-state index contributed by atoms with van der Waals surface area (Å²) in [5.41, 5.74) is 0.496. The Labute approximate surface area is 127 Å². The second-order valence-electron chi connectivity index (χ2n) is 4.21. The third kappa shape index (κ3) is 3.31. The number of halogens is 2. The fraction of sp³-hybridized carbons (Fsp3) is 0.286. The molecule has 0 aliphatic carbocycles. The molecule has 0 bridgehead atoms. The molecule has 20 heavy (non-hydrogen) atoms. The molecule has 0 aromatic heterocycles. The van der Waals surface area contributed by atoms with Crippen molar-refractivity contribution in [1.29, 1.82) is 5.26 Å². The number of nitrogens with zero attached hydrogens (tertiary/aromatic N) is 2. The van der Waals surface area contributed by atoms with E-state index < -0.39 is 0 Å². The summed E-state index contributed by atoms with van der Waals surface area (Å²) >= 11 is 12.1. The molecular formula is C14H12Cl2N2O2. The number of nitriles is 1. The molecule has 0 radical (unpaired) electrons. The van der Waals surface area contributed by atoms with Crippen molar-refractivity contribution in [1.82, 2.24) is 4.90 Å². The summed E-state index contributed by atoms with van der Waals surface area (Å²) in [5, 5.41) is 9.99. The summed E-state index contributed by atoms with van der Waals surface area (Å²) in [4.78, 5) is 13.8. The van der Waals surface area contributed by atoms with Crippen molar-refractivity contribution in [2.24, 2.45) is 0 Å². The minimum atomic E-state index is -0.327. The van der Waals surface area contributed by atoms with Gasteiger partial charge < -0.3 is 9.64 Å². The average molecular weight is 311 g/mol. The Morgan fingerprint density at radius 2 is 1.90 bits per heavy atom. The number of carbonyl (C=O) groups excluding carboxylic acids is 1. The quantitative estimate of drug-likeness (QED) is 0.623. The Kier molecular flexibility index (Phi) is 5.02. The van der Waals surface area contributed by atoms with Gasteiger partial charge in [0.15, 0.2) is 0 Å². The average Bonchev–Trinajstić information content (AvgIpc) is 2.47. The third-order valence-corrected chi connectivity index (χ3v) is 3.60. The summed E-state index contributed by atoms with van der Waals surface area (Å²) in [5.74, 6) is -0.327. The van der Waals surface area contributed by atoms with E-state index in [1.54, 1.807) is 23.1 Å². The highest BCUT2D eigenvalue weighted by atomic mass is 35.5. The van der Waals surface area contributed by atoms with Gasteiger partial charge in [0, 0.05) is 28.7 Å². The van der Waals surface area contributed by atoms with Gasteiger partial charge in [0.1, 0.15) is 11.6 Å². The van der Waals surface area contributed by atoms with E-state index in [0.717, 1.165) is 0 Å². The van der Waals surface area contributed by atoms with E-state index in [-0.39, 0.29) is 11.5 Å². The van der Waals surface area contributed by atoms with Gasteiger partial charge in [-0.05, 0) is 18.2 Å². The van der Waals surface area contributed by atoms with Gasteiger partial charge in [-0.15, -0.1) is 0 Å². The lowest BCUT2D eigenvalue weighted by molar-refractivity contribution is -0.130. The highest BCUT2D eigenvalue weighted by molar-refractivity contribution is 6.37. The number of ether oxygens (including phenoxy) is 1.